The highest BCUT2D eigenvalue weighted by atomic mass is 16.5. The third kappa shape index (κ3) is 5.16. The number of nitrogens with one attached hydrogen (secondary N) is 1. The van der Waals surface area contributed by atoms with E-state index in [1.807, 2.05) is 12.1 Å². The predicted molar refractivity (Wildman–Crippen MR) is 107 cm³/mol. The van der Waals surface area contributed by atoms with Crippen LogP contribution in [0.4, 0.5) is 0 Å². The highest BCUT2D eigenvalue weighted by molar-refractivity contribution is 5.93. The molecule has 2 aromatic carbocycles. The molecule has 2 atom stereocenters. The summed E-state index contributed by atoms with van der Waals surface area (Å²) in [5, 5.41) is 8.72. The molecule has 5 nitrogen and oxygen atoms in total. The molecule has 0 aliphatic carbocycles. The van der Waals surface area contributed by atoms with Gasteiger partial charge in [0, 0.05) is 43.8 Å². The number of carbonyl (C=O) groups is 1. The van der Waals surface area contributed by atoms with Crippen LogP contribution in [0.15, 0.2) is 54.6 Å². The van der Waals surface area contributed by atoms with Crippen LogP contribution in [-0.4, -0.2) is 52.6 Å². The van der Waals surface area contributed by atoms with Gasteiger partial charge in [-0.1, -0.05) is 42.5 Å². The first-order chi connectivity index (χ1) is 13.1. The topological polar surface area (TPSA) is 55.8 Å². The Kier molecular flexibility index (Phi) is 6.61. The van der Waals surface area contributed by atoms with Crippen molar-refractivity contribution in [2.24, 2.45) is 0 Å². The number of hydrogen-bond acceptors (Lipinski definition) is 4. The van der Waals surface area contributed by atoms with Crippen LogP contribution in [-0.2, 0) is 13.0 Å². The Labute approximate surface area is 161 Å². The van der Waals surface area contributed by atoms with Crippen LogP contribution in [0.3, 0.4) is 0 Å². The highest BCUT2D eigenvalue weighted by Gasteiger charge is 2.29. The number of hydrogen-bond donors (Lipinski definition) is 2. The zero-order chi connectivity index (χ0) is 19.2. The van der Waals surface area contributed by atoms with Crippen molar-refractivity contribution < 1.29 is 10.0 Å². The van der Waals surface area contributed by atoms with Crippen LogP contribution in [0.2, 0.25) is 0 Å². The SMILES string of the molecule is C[C@@H]1CN(CCc2ccccc2)C[C@H](C)N1Cc1ccc(C(=O)NO)cc1. The zero-order valence-electron chi connectivity index (χ0n) is 16.1. The second-order valence-corrected chi connectivity index (χ2v) is 7.50. The van der Waals surface area contributed by atoms with Crippen molar-refractivity contribution in [2.45, 2.75) is 38.9 Å². The van der Waals surface area contributed by atoms with Crippen molar-refractivity contribution in [1.82, 2.24) is 15.3 Å². The van der Waals surface area contributed by atoms with Crippen molar-refractivity contribution >= 4 is 5.91 Å². The Morgan fingerprint density at radius 2 is 1.63 bits per heavy atom. The summed E-state index contributed by atoms with van der Waals surface area (Å²) in [6.07, 6.45) is 1.09. The summed E-state index contributed by atoms with van der Waals surface area (Å²) in [5.41, 5.74) is 4.71. The lowest BCUT2D eigenvalue weighted by Crippen LogP contribution is -2.56. The quantitative estimate of drug-likeness (QED) is 0.609. The van der Waals surface area contributed by atoms with Gasteiger partial charge in [0.05, 0.1) is 0 Å². The first-order valence-electron chi connectivity index (χ1n) is 9.62. The van der Waals surface area contributed by atoms with Gasteiger partial charge in [0.1, 0.15) is 0 Å². The average Bonchev–Trinajstić information content (AvgIpc) is 2.70. The molecule has 1 aliphatic heterocycles. The van der Waals surface area contributed by atoms with Crippen molar-refractivity contribution in [3.8, 4) is 0 Å². The summed E-state index contributed by atoms with van der Waals surface area (Å²) in [4.78, 5) is 16.5. The Hall–Kier alpha value is -2.21. The third-order valence-electron chi connectivity index (χ3n) is 5.42. The summed E-state index contributed by atoms with van der Waals surface area (Å²) in [6, 6.07) is 19.1. The lowest BCUT2D eigenvalue weighted by atomic mass is 10.0. The number of benzene rings is 2. The van der Waals surface area contributed by atoms with E-state index in [0.29, 0.717) is 17.6 Å². The minimum atomic E-state index is -0.477. The van der Waals surface area contributed by atoms with Gasteiger partial charge in [-0.05, 0) is 43.5 Å². The molecule has 0 saturated carbocycles. The lowest BCUT2D eigenvalue weighted by molar-refractivity contribution is 0.0334. The van der Waals surface area contributed by atoms with E-state index in [1.165, 1.54) is 11.1 Å². The molecule has 3 rings (SSSR count). The van der Waals surface area contributed by atoms with Crippen molar-refractivity contribution in [2.75, 3.05) is 19.6 Å². The van der Waals surface area contributed by atoms with E-state index in [-0.39, 0.29) is 0 Å². The van der Waals surface area contributed by atoms with E-state index in [9.17, 15) is 4.79 Å². The van der Waals surface area contributed by atoms with Gasteiger partial charge in [0.15, 0.2) is 0 Å². The molecule has 0 unspecified atom stereocenters. The maximum absolute atomic E-state index is 11.4. The van der Waals surface area contributed by atoms with Crippen molar-refractivity contribution in [1.29, 1.82) is 0 Å². The smallest absolute Gasteiger partial charge is 0.274 e. The Morgan fingerprint density at radius 3 is 2.22 bits per heavy atom. The first-order valence-corrected chi connectivity index (χ1v) is 9.62. The van der Waals surface area contributed by atoms with E-state index in [2.05, 4.69) is 54.0 Å². The van der Waals surface area contributed by atoms with Crippen LogP contribution in [0.25, 0.3) is 0 Å². The number of amides is 1. The van der Waals surface area contributed by atoms with Crippen LogP contribution < -0.4 is 5.48 Å². The molecule has 1 heterocycles. The molecule has 0 aromatic heterocycles. The number of hydroxylamine groups is 1. The molecular formula is C22H29N3O2. The summed E-state index contributed by atoms with van der Waals surface area (Å²) in [6.45, 7) is 8.69. The molecule has 0 radical (unpaired) electrons. The number of nitrogens with zero attached hydrogens (tertiary/aromatic N) is 2. The zero-order valence-corrected chi connectivity index (χ0v) is 16.1. The number of piperazine rings is 1. The Morgan fingerprint density at radius 1 is 1.00 bits per heavy atom. The molecule has 27 heavy (non-hydrogen) atoms. The second kappa shape index (κ2) is 9.13. The fraction of sp³-hybridized carbons (Fsp3) is 0.409. The fourth-order valence-electron chi connectivity index (χ4n) is 3.93. The van der Waals surface area contributed by atoms with E-state index in [1.54, 1.807) is 17.6 Å². The van der Waals surface area contributed by atoms with Crippen LogP contribution in [0, 0.1) is 0 Å². The Bertz CT molecular complexity index is 721. The van der Waals surface area contributed by atoms with Gasteiger partial charge in [0.2, 0.25) is 0 Å². The molecule has 1 amide bonds. The third-order valence-corrected chi connectivity index (χ3v) is 5.42. The van der Waals surface area contributed by atoms with E-state index < -0.39 is 5.91 Å². The number of rotatable bonds is 6. The molecule has 2 N–H and O–H groups in total. The maximum Gasteiger partial charge on any atom is 0.274 e. The van der Waals surface area contributed by atoms with E-state index in [0.717, 1.165) is 32.6 Å². The van der Waals surface area contributed by atoms with Gasteiger partial charge in [0.25, 0.3) is 5.91 Å². The average molecular weight is 367 g/mol. The predicted octanol–water partition coefficient (Wildman–Crippen LogP) is 2.94. The summed E-state index contributed by atoms with van der Waals surface area (Å²) in [5.74, 6) is -0.477. The minimum Gasteiger partial charge on any atom is -0.300 e. The number of carbonyl (C=O) groups excluding carboxylic acids is 1. The molecule has 1 aliphatic rings. The summed E-state index contributed by atoms with van der Waals surface area (Å²) < 4.78 is 0. The van der Waals surface area contributed by atoms with Gasteiger partial charge >= 0.3 is 0 Å². The van der Waals surface area contributed by atoms with Gasteiger partial charge in [-0.3, -0.25) is 19.8 Å². The van der Waals surface area contributed by atoms with Gasteiger partial charge < -0.3 is 0 Å². The van der Waals surface area contributed by atoms with Crippen molar-refractivity contribution in [3.05, 3.63) is 71.3 Å². The molecule has 5 heteroatoms. The first kappa shape index (κ1) is 19.5. The van der Waals surface area contributed by atoms with E-state index in [4.69, 9.17) is 5.21 Å². The van der Waals surface area contributed by atoms with Gasteiger partial charge in [-0.2, -0.15) is 0 Å². The minimum absolute atomic E-state index is 0.466. The molecule has 2 aromatic rings. The lowest BCUT2D eigenvalue weighted by Gasteiger charge is -2.44. The maximum atomic E-state index is 11.4. The molecular weight excluding hydrogens is 338 g/mol. The largest absolute Gasteiger partial charge is 0.300 e. The van der Waals surface area contributed by atoms with Crippen molar-refractivity contribution in [3.63, 3.8) is 0 Å². The van der Waals surface area contributed by atoms with E-state index >= 15 is 0 Å². The molecule has 1 fully saturated rings. The van der Waals surface area contributed by atoms with Crippen LogP contribution in [0.5, 0.6) is 0 Å². The van der Waals surface area contributed by atoms with Gasteiger partial charge in [-0.15, -0.1) is 0 Å². The molecule has 0 spiro atoms. The summed E-state index contributed by atoms with van der Waals surface area (Å²) >= 11 is 0. The Balaban J connectivity index is 1.55. The summed E-state index contributed by atoms with van der Waals surface area (Å²) in [7, 11) is 0. The highest BCUT2D eigenvalue weighted by Crippen LogP contribution is 2.20. The fourth-order valence-corrected chi connectivity index (χ4v) is 3.93. The molecule has 144 valence electrons. The second-order valence-electron chi connectivity index (χ2n) is 7.50. The standard InChI is InChI=1S/C22H29N3O2/c1-17-14-24(13-12-19-6-4-3-5-7-19)15-18(2)25(17)16-20-8-10-21(11-9-20)22(26)23-27/h3-11,17-18,27H,12-16H2,1-2H3,(H,23,26)/t17-,18+. The monoisotopic (exact) mass is 367 g/mol. The van der Waals surface area contributed by atoms with Gasteiger partial charge in [-0.25, -0.2) is 5.48 Å². The van der Waals surface area contributed by atoms with Crippen LogP contribution >= 0.6 is 0 Å². The molecule has 0 bridgehead atoms. The molecule has 1 saturated heterocycles. The normalized spacial score (nSPS) is 21.1. The van der Waals surface area contributed by atoms with Crippen LogP contribution in [0.1, 0.15) is 35.3 Å².